The van der Waals surface area contributed by atoms with Crippen molar-refractivity contribution in [3.8, 4) is 11.3 Å². The van der Waals surface area contributed by atoms with E-state index in [1.165, 1.54) is 0 Å². The van der Waals surface area contributed by atoms with Crippen LogP contribution in [0.5, 0.6) is 0 Å². The number of hydrogen-bond acceptors (Lipinski definition) is 5. The molecule has 3 rings (SSSR count). The monoisotopic (exact) mass is 318 g/mol. The number of methoxy groups -OCH3 is 1. The molecule has 1 fully saturated rings. The maximum absolute atomic E-state index is 12.2. The Labute approximate surface area is 133 Å². The van der Waals surface area contributed by atoms with E-state index in [0.29, 0.717) is 12.3 Å². The molecular weight excluding hydrogens is 300 g/mol. The summed E-state index contributed by atoms with van der Waals surface area (Å²) in [5.74, 6) is 2.31. The SMILES string of the molecule is CO[C@@]1(CNC(=O)c2cc(-c3ccccc3)on2)CCSC1. The smallest absolute Gasteiger partial charge is 0.273 e. The Morgan fingerprint density at radius 1 is 1.45 bits per heavy atom. The molecule has 1 aromatic carbocycles. The number of nitrogens with one attached hydrogen (secondary N) is 1. The van der Waals surface area contributed by atoms with Crippen molar-refractivity contribution >= 4 is 17.7 Å². The predicted molar refractivity (Wildman–Crippen MR) is 86.0 cm³/mol. The summed E-state index contributed by atoms with van der Waals surface area (Å²) in [5.41, 5.74) is 0.928. The molecule has 22 heavy (non-hydrogen) atoms. The van der Waals surface area contributed by atoms with Crippen LogP contribution in [0, 0.1) is 0 Å². The fraction of sp³-hybridized carbons (Fsp3) is 0.375. The number of amides is 1. The minimum atomic E-state index is -0.258. The first-order valence-corrected chi connectivity index (χ1v) is 8.31. The van der Waals surface area contributed by atoms with Crippen LogP contribution in [0.15, 0.2) is 40.9 Å². The average Bonchev–Trinajstić information content (AvgIpc) is 3.24. The third-order valence-corrected chi connectivity index (χ3v) is 5.10. The standard InChI is InChI=1S/C16H18N2O3S/c1-20-16(7-8-22-11-16)10-17-15(19)13-9-14(21-18-13)12-5-3-2-4-6-12/h2-6,9H,7-8,10-11H2,1H3,(H,17,19)/t16-/m1/s1. The molecule has 1 aliphatic heterocycles. The van der Waals surface area contributed by atoms with Gasteiger partial charge in [-0.05, 0) is 12.2 Å². The summed E-state index contributed by atoms with van der Waals surface area (Å²) in [6.45, 7) is 0.489. The van der Waals surface area contributed by atoms with Crippen LogP contribution in [-0.2, 0) is 4.74 Å². The summed E-state index contributed by atoms with van der Waals surface area (Å²) in [7, 11) is 1.70. The van der Waals surface area contributed by atoms with Crippen LogP contribution >= 0.6 is 11.8 Å². The second-order valence-corrected chi connectivity index (χ2v) is 6.42. The number of thioether (sulfide) groups is 1. The number of hydrogen-bond donors (Lipinski definition) is 1. The molecule has 1 atom stereocenters. The minimum Gasteiger partial charge on any atom is -0.376 e. The van der Waals surface area contributed by atoms with Gasteiger partial charge in [0.1, 0.15) is 0 Å². The Kier molecular flexibility index (Phi) is 4.49. The fourth-order valence-corrected chi connectivity index (χ4v) is 3.81. The van der Waals surface area contributed by atoms with E-state index in [4.69, 9.17) is 9.26 Å². The van der Waals surface area contributed by atoms with Gasteiger partial charge in [-0.15, -0.1) is 0 Å². The normalized spacial score (nSPS) is 21.0. The molecule has 0 radical (unpaired) electrons. The molecule has 1 saturated heterocycles. The van der Waals surface area contributed by atoms with Gasteiger partial charge in [-0.2, -0.15) is 11.8 Å². The van der Waals surface area contributed by atoms with Crippen LogP contribution in [0.2, 0.25) is 0 Å². The van der Waals surface area contributed by atoms with Gasteiger partial charge < -0.3 is 14.6 Å². The Hall–Kier alpha value is -1.79. The molecule has 116 valence electrons. The number of aromatic nitrogens is 1. The van der Waals surface area contributed by atoms with Crippen LogP contribution < -0.4 is 5.32 Å². The van der Waals surface area contributed by atoms with Crippen LogP contribution in [0.25, 0.3) is 11.3 Å². The van der Waals surface area contributed by atoms with Gasteiger partial charge in [0.05, 0.1) is 5.60 Å². The van der Waals surface area contributed by atoms with Gasteiger partial charge in [-0.3, -0.25) is 4.79 Å². The molecule has 1 aliphatic rings. The van der Waals surface area contributed by atoms with Gasteiger partial charge >= 0.3 is 0 Å². The Balaban J connectivity index is 1.65. The summed E-state index contributed by atoms with van der Waals surface area (Å²) in [6.07, 6.45) is 0.947. The topological polar surface area (TPSA) is 64.4 Å². The lowest BCUT2D eigenvalue weighted by Gasteiger charge is -2.26. The zero-order valence-corrected chi connectivity index (χ0v) is 13.2. The van der Waals surface area contributed by atoms with Crippen LogP contribution in [0.3, 0.4) is 0 Å². The third-order valence-electron chi connectivity index (χ3n) is 3.87. The first kappa shape index (κ1) is 15.1. The maximum atomic E-state index is 12.2. The van der Waals surface area contributed by atoms with Crippen molar-refractivity contribution in [2.45, 2.75) is 12.0 Å². The number of benzene rings is 1. The molecule has 0 aliphatic carbocycles. The Morgan fingerprint density at radius 2 is 2.27 bits per heavy atom. The van der Waals surface area contributed by atoms with E-state index in [1.54, 1.807) is 13.2 Å². The van der Waals surface area contributed by atoms with Gasteiger partial charge in [0.15, 0.2) is 11.5 Å². The summed E-state index contributed by atoms with van der Waals surface area (Å²) >= 11 is 1.84. The van der Waals surface area contributed by atoms with E-state index < -0.39 is 0 Å². The van der Waals surface area contributed by atoms with Crippen molar-refractivity contribution in [2.75, 3.05) is 25.2 Å². The summed E-state index contributed by atoms with van der Waals surface area (Å²) in [5, 5.41) is 6.75. The Bertz CT molecular complexity index is 636. The van der Waals surface area contributed by atoms with E-state index >= 15 is 0 Å². The van der Waals surface area contributed by atoms with Gasteiger partial charge in [0.2, 0.25) is 0 Å². The molecule has 1 aromatic heterocycles. The number of rotatable bonds is 5. The zero-order valence-electron chi connectivity index (χ0n) is 12.4. The van der Waals surface area contributed by atoms with Crippen molar-refractivity contribution in [3.05, 3.63) is 42.1 Å². The van der Waals surface area contributed by atoms with Crippen LogP contribution in [-0.4, -0.2) is 41.8 Å². The van der Waals surface area contributed by atoms with Crippen LogP contribution in [0.1, 0.15) is 16.9 Å². The molecule has 0 spiro atoms. The summed E-state index contributed by atoms with van der Waals surface area (Å²) in [6, 6.07) is 11.2. The van der Waals surface area contributed by atoms with Gasteiger partial charge in [-0.1, -0.05) is 35.5 Å². The van der Waals surface area contributed by atoms with Crippen molar-refractivity contribution in [2.24, 2.45) is 0 Å². The fourth-order valence-electron chi connectivity index (χ4n) is 2.41. The second kappa shape index (κ2) is 6.54. The molecule has 1 amide bonds. The first-order valence-electron chi connectivity index (χ1n) is 7.16. The van der Waals surface area contributed by atoms with Gasteiger partial charge in [-0.25, -0.2) is 0 Å². The first-order chi connectivity index (χ1) is 10.7. The largest absolute Gasteiger partial charge is 0.376 e. The van der Waals surface area contributed by atoms with Crippen LogP contribution in [0.4, 0.5) is 0 Å². The van der Waals surface area contributed by atoms with E-state index in [-0.39, 0.29) is 17.2 Å². The highest BCUT2D eigenvalue weighted by Gasteiger charge is 2.34. The number of ether oxygens (including phenoxy) is 1. The summed E-state index contributed by atoms with van der Waals surface area (Å²) in [4.78, 5) is 12.2. The molecule has 0 unspecified atom stereocenters. The number of carbonyl (C=O) groups excluding carboxylic acids is 1. The highest BCUT2D eigenvalue weighted by Crippen LogP contribution is 2.30. The van der Waals surface area contributed by atoms with E-state index in [0.717, 1.165) is 23.5 Å². The highest BCUT2D eigenvalue weighted by atomic mass is 32.2. The van der Waals surface area contributed by atoms with Crippen molar-refractivity contribution in [1.82, 2.24) is 10.5 Å². The average molecular weight is 318 g/mol. The molecule has 2 heterocycles. The number of nitrogens with zero attached hydrogens (tertiary/aromatic N) is 1. The van der Waals surface area contributed by atoms with Crippen molar-refractivity contribution < 1.29 is 14.1 Å². The minimum absolute atomic E-state index is 0.237. The molecule has 5 nitrogen and oxygen atoms in total. The zero-order chi connectivity index (χ0) is 15.4. The lowest BCUT2D eigenvalue weighted by Crippen LogP contribution is -2.44. The van der Waals surface area contributed by atoms with Crippen molar-refractivity contribution in [1.29, 1.82) is 0 Å². The third kappa shape index (κ3) is 3.18. The van der Waals surface area contributed by atoms with E-state index in [2.05, 4.69) is 10.5 Å². The Morgan fingerprint density at radius 3 is 2.95 bits per heavy atom. The number of carbonyl (C=O) groups is 1. The van der Waals surface area contributed by atoms with Gasteiger partial charge in [0, 0.05) is 31.0 Å². The molecule has 2 aromatic rings. The predicted octanol–water partition coefficient (Wildman–Crippen LogP) is 2.59. The quantitative estimate of drug-likeness (QED) is 0.918. The van der Waals surface area contributed by atoms with Gasteiger partial charge in [0.25, 0.3) is 5.91 Å². The lowest BCUT2D eigenvalue weighted by molar-refractivity contribution is 0.0136. The second-order valence-electron chi connectivity index (χ2n) is 5.31. The maximum Gasteiger partial charge on any atom is 0.273 e. The van der Waals surface area contributed by atoms with E-state index in [9.17, 15) is 4.79 Å². The molecule has 0 bridgehead atoms. The molecular formula is C16H18N2O3S. The molecule has 6 heteroatoms. The summed E-state index contributed by atoms with van der Waals surface area (Å²) < 4.78 is 10.8. The molecule has 1 N–H and O–H groups in total. The van der Waals surface area contributed by atoms with E-state index in [1.807, 2.05) is 42.1 Å². The highest BCUT2D eigenvalue weighted by molar-refractivity contribution is 7.99. The van der Waals surface area contributed by atoms with Crippen molar-refractivity contribution in [3.63, 3.8) is 0 Å². The molecule has 0 saturated carbocycles. The lowest BCUT2D eigenvalue weighted by atomic mass is 10.0.